The Morgan fingerprint density at radius 2 is 2.00 bits per heavy atom. The maximum absolute atomic E-state index is 11.5. The standard InChI is InChI=1S/C12H23N3O7/c1-9(2)5-7-14(4)15(19)13-22-10(3)21-12(18)20-8-6-11(16)17/h9-10H,5-8H2,1-4H3,(H,16,17). The predicted molar refractivity (Wildman–Crippen MR) is 73.4 cm³/mol. The number of carbonyl (C=O) groups excluding carboxylic acids is 1. The molecular weight excluding hydrogens is 298 g/mol. The Morgan fingerprint density at radius 1 is 1.36 bits per heavy atom. The van der Waals surface area contributed by atoms with Crippen molar-refractivity contribution in [2.24, 2.45) is 11.2 Å². The topological polar surface area (TPSA) is 124 Å². The van der Waals surface area contributed by atoms with E-state index < -0.39 is 18.4 Å². The second kappa shape index (κ2) is 10.5. The molecule has 0 aliphatic rings. The monoisotopic (exact) mass is 321 g/mol. The van der Waals surface area contributed by atoms with E-state index in [4.69, 9.17) is 5.11 Å². The number of carboxylic acids is 1. The van der Waals surface area contributed by atoms with Crippen LogP contribution in [0.4, 0.5) is 4.79 Å². The van der Waals surface area contributed by atoms with Crippen LogP contribution in [0.5, 0.6) is 0 Å². The fourth-order valence-electron chi connectivity index (χ4n) is 1.11. The van der Waals surface area contributed by atoms with E-state index in [-0.39, 0.29) is 18.0 Å². The summed E-state index contributed by atoms with van der Waals surface area (Å²) < 4.78 is 9.08. The van der Waals surface area contributed by atoms with Gasteiger partial charge in [-0.2, -0.15) is 0 Å². The predicted octanol–water partition coefficient (Wildman–Crippen LogP) is 1.75. The molecule has 0 aliphatic carbocycles. The largest absolute Gasteiger partial charge is 0.569 e. The molecule has 0 saturated heterocycles. The Labute approximate surface area is 128 Å². The van der Waals surface area contributed by atoms with Gasteiger partial charge < -0.3 is 19.8 Å². The number of nitrogens with zero attached hydrogens (tertiary/aromatic N) is 3. The lowest BCUT2D eigenvalue weighted by Crippen LogP contribution is -2.29. The minimum Gasteiger partial charge on any atom is -0.569 e. The zero-order valence-electron chi connectivity index (χ0n) is 13.2. The molecule has 0 bridgehead atoms. The third kappa shape index (κ3) is 10.5. The Morgan fingerprint density at radius 3 is 2.55 bits per heavy atom. The molecule has 0 aromatic carbocycles. The van der Waals surface area contributed by atoms with Gasteiger partial charge in [-0.05, 0) is 12.3 Å². The van der Waals surface area contributed by atoms with Gasteiger partial charge in [0.1, 0.15) is 6.61 Å². The molecule has 0 amide bonds. The second-order valence-corrected chi connectivity index (χ2v) is 4.93. The van der Waals surface area contributed by atoms with Crippen LogP contribution in [0.25, 0.3) is 0 Å². The van der Waals surface area contributed by atoms with E-state index in [1.54, 1.807) is 7.05 Å². The minimum absolute atomic E-state index is 0.248. The number of carbonyl (C=O) groups is 2. The molecule has 1 N–H and O–H groups in total. The molecule has 0 aromatic rings. The average Bonchev–Trinajstić information content (AvgIpc) is 2.41. The van der Waals surface area contributed by atoms with Crippen molar-refractivity contribution in [3.05, 3.63) is 5.21 Å². The Balaban J connectivity index is 4.03. The molecule has 0 fully saturated rings. The highest BCUT2D eigenvalue weighted by atomic mass is 16.8. The first-order valence-corrected chi connectivity index (χ1v) is 6.82. The number of hydrazine groups is 1. The summed E-state index contributed by atoms with van der Waals surface area (Å²) in [7, 11) is 1.55. The van der Waals surface area contributed by atoms with Gasteiger partial charge in [0.25, 0.3) is 6.29 Å². The SMILES string of the molecule is CC(C)CCN(C)[N+]([O-])=NOC(C)OC(=O)OCCC(=O)O. The van der Waals surface area contributed by atoms with Gasteiger partial charge in [-0.1, -0.05) is 13.8 Å². The number of hydrogen-bond acceptors (Lipinski definition) is 7. The van der Waals surface area contributed by atoms with Crippen molar-refractivity contribution in [2.45, 2.75) is 39.9 Å². The van der Waals surface area contributed by atoms with Gasteiger partial charge in [-0.15, -0.1) is 5.01 Å². The highest BCUT2D eigenvalue weighted by molar-refractivity contribution is 5.67. The molecule has 1 atom stereocenters. The van der Waals surface area contributed by atoms with Crippen LogP contribution in [0, 0.1) is 11.1 Å². The van der Waals surface area contributed by atoms with Crippen LogP contribution in [-0.2, 0) is 19.1 Å². The number of ether oxygens (including phenoxy) is 2. The van der Waals surface area contributed by atoms with Gasteiger partial charge in [-0.3, -0.25) is 9.63 Å². The maximum Gasteiger partial charge on any atom is 0.511 e. The first kappa shape index (κ1) is 19.7. The van der Waals surface area contributed by atoms with Crippen molar-refractivity contribution in [1.29, 1.82) is 0 Å². The van der Waals surface area contributed by atoms with Crippen molar-refractivity contribution in [3.63, 3.8) is 0 Å². The van der Waals surface area contributed by atoms with Crippen molar-refractivity contribution in [3.8, 4) is 0 Å². The third-order valence-electron chi connectivity index (χ3n) is 2.39. The molecular formula is C12H23N3O7. The molecule has 0 rings (SSSR count). The molecule has 22 heavy (non-hydrogen) atoms. The smallest absolute Gasteiger partial charge is 0.511 e. The summed E-state index contributed by atoms with van der Waals surface area (Å²) in [5.41, 5.74) is 0. The fraction of sp³-hybridized carbons (Fsp3) is 0.833. The van der Waals surface area contributed by atoms with Gasteiger partial charge >= 0.3 is 12.1 Å². The zero-order valence-corrected chi connectivity index (χ0v) is 13.2. The molecule has 0 aromatic heterocycles. The second-order valence-electron chi connectivity index (χ2n) is 4.93. The van der Waals surface area contributed by atoms with Crippen LogP contribution in [0.15, 0.2) is 5.28 Å². The minimum atomic E-state index is -1.15. The third-order valence-corrected chi connectivity index (χ3v) is 2.39. The molecule has 0 heterocycles. The maximum atomic E-state index is 11.5. The lowest BCUT2D eigenvalue weighted by molar-refractivity contribution is -0.707. The molecule has 10 nitrogen and oxygen atoms in total. The van der Waals surface area contributed by atoms with Gasteiger partial charge in [0.05, 0.1) is 25.0 Å². The van der Waals surface area contributed by atoms with Crippen molar-refractivity contribution >= 4 is 12.1 Å². The number of rotatable bonds is 10. The normalized spacial score (nSPS) is 12.7. The van der Waals surface area contributed by atoms with Crippen LogP contribution >= 0.6 is 0 Å². The van der Waals surface area contributed by atoms with E-state index in [2.05, 4.69) is 19.6 Å². The van der Waals surface area contributed by atoms with Gasteiger partial charge in [0.15, 0.2) is 0 Å². The van der Waals surface area contributed by atoms with E-state index in [0.29, 0.717) is 12.5 Å². The van der Waals surface area contributed by atoms with E-state index in [1.165, 1.54) is 11.9 Å². The molecule has 0 aliphatic heterocycles. The van der Waals surface area contributed by atoms with Gasteiger partial charge in [0.2, 0.25) is 5.28 Å². The number of aliphatic carboxylic acids is 1. The molecule has 0 saturated carbocycles. The molecule has 1 unspecified atom stereocenters. The number of hydrogen-bond donors (Lipinski definition) is 1. The summed E-state index contributed by atoms with van der Waals surface area (Å²) in [5, 5.41) is 24.4. The van der Waals surface area contributed by atoms with Crippen LogP contribution in [0.2, 0.25) is 0 Å². The Kier molecular flexibility index (Phi) is 9.39. The molecule has 10 heteroatoms. The molecule has 128 valence electrons. The lowest BCUT2D eigenvalue weighted by atomic mass is 10.1. The highest BCUT2D eigenvalue weighted by Crippen LogP contribution is 2.02. The summed E-state index contributed by atoms with van der Waals surface area (Å²) in [6, 6.07) is 0. The van der Waals surface area contributed by atoms with Crippen molar-refractivity contribution in [2.75, 3.05) is 20.2 Å². The number of carboxylic acid groups (broad SMARTS) is 1. The molecule has 0 spiro atoms. The zero-order chi connectivity index (χ0) is 17.1. The average molecular weight is 321 g/mol. The highest BCUT2D eigenvalue weighted by Gasteiger charge is 2.14. The van der Waals surface area contributed by atoms with Crippen LogP contribution in [0.1, 0.15) is 33.6 Å². The van der Waals surface area contributed by atoms with Crippen LogP contribution in [-0.4, -0.2) is 53.7 Å². The Hall–Kier alpha value is -2.26. The van der Waals surface area contributed by atoms with Crippen LogP contribution < -0.4 is 0 Å². The van der Waals surface area contributed by atoms with Crippen molar-refractivity contribution in [1.82, 2.24) is 5.01 Å². The van der Waals surface area contributed by atoms with Crippen LogP contribution in [0.3, 0.4) is 0 Å². The molecule has 0 radical (unpaired) electrons. The first-order chi connectivity index (χ1) is 10.2. The van der Waals surface area contributed by atoms with Gasteiger partial charge in [0, 0.05) is 6.92 Å². The van der Waals surface area contributed by atoms with E-state index in [9.17, 15) is 14.8 Å². The Bertz CT molecular complexity index is 387. The fourth-order valence-corrected chi connectivity index (χ4v) is 1.11. The first-order valence-electron chi connectivity index (χ1n) is 6.82. The van der Waals surface area contributed by atoms with Crippen molar-refractivity contribution < 1.29 is 34.0 Å². The summed E-state index contributed by atoms with van der Waals surface area (Å²) in [6.07, 6.45) is -1.77. The van der Waals surface area contributed by atoms with E-state index in [0.717, 1.165) is 6.42 Å². The lowest BCUT2D eigenvalue weighted by Gasteiger charge is -2.15. The summed E-state index contributed by atoms with van der Waals surface area (Å²) in [6.45, 7) is 5.58. The summed E-state index contributed by atoms with van der Waals surface area (Å²) >= 11 is 0. The summed E-state index contributed by atoms with van der Waals surface area (Å²) in [5.74, 6) is -0.655. The summed E-state index contributed by atoms with van der Waals surface area (Å²) in [4.78, 5) is 26.3. The van der Waals surface area contributed by atoms with E-state index in [1.807, 2.05) is 13.8 Å². The van der Waals surface area contributed by atoms with Gasteiger partial charge in [-0.25, -0.2) is 4.79 Å². The quantitative estimate of drug-likeness (QED) is 0.212. The van der Waals surface area contributed by atoms with E-state index >= 15 is 0 Å².